The van der Waals surface area contributed by atoms with E-state index in [1.165, 1.54) is 180 Å². The summed E-state index contributed by atoms with van der Waals surface area (Å²) >= 11 is 0. The molecular formula is C58H91N3O3. The summed E-state index contributed by atoms with van der Waals surface area (Å²) in [5.74, 6) is -0.555. The molecule has 0 saturated heterocycles. The summed E-state index contributed by atoms with van der Waals surface area (Å²) in [6, 6.07) is 17.7. The highest BCUT2D eigenvalue weighted by molar-refractivity contribution is 6.26. The van der Waals surface area contributed by atoms with Crippen LogP contribution in [0.3, 0.4) is 0 Å². The third kappa shape index (κ3) is 20.7. The van der Waals surface area contributed by atoms with Crippen LogP contribution in [0.1, 0.15) is 243 Å². The van der Waals surface area contributed by atoms with Gasteiger partial charge < -0.3 is 16.0 Å². The van der Waals surface area contributed by atoms with Crippen molar-refractivity contribution in [3.8, 4) is 0 Å². The maximum Gasteiger partial charge on any atom is 0.252 e. The predicted octanol–water partition coefficient (Wildman–Crippen LogP) is 16.2. The Balaban J connectivity index is 1.14. The second-order valence-electron chi connectivity index (χ2n) is 19.3. The molecule has 4 rings (SSSR count). The molecule has 1 atom stereocenters. The Hall–Kier alpha value is -3.67. The molecule has 0 heterocycles. The van der Waals surface area contributed by atoms with Crippen LogP contribution in [0.4, 0.5) is 0 Å². The minimum atomic E-state index is -0.798. The molecule has 0 aliphatic carbocycles. The molecule has 0 aromatic heterocycles. The van der Waals surface area contributed by atoms with Gasteiger partial charge in [0, 0.05) is 25.1 Å². The van der Waals surface area contributed by atoms with Gasteiger partial charge in [-0.25, -0.2) is 0 Å². The average Bonchev–Trinajstić information content (AvgIpc) is 3.31. The minimum absolute atomic E-state index is 0.0615. The Morgan fingerprint density at radius 3 is 1.25 bits per heavy atom. The van der Waals surface area contributed by atoms with E-state index < -0.39 is 6.04 Å². The lowest BCUT2D eigenvalue weighted by Gasteiger charge is -2.20. The Morgan fingerprint density at radius 2 is 0.797 bits per heavy atom. The summed E-state index contributed by atoms with van der Waals surface area (Å²) in [6.07, 6.45) is 42.5. The van der Waals surface area contributed by atoms with E-state index in [0.29, 0.717) is 18.7 Å². The average molecular weight is 878 g/mol. The van der Waals surface area contributed by atoms with Crippen molar-refractivity contribution in [2.45, 2.75) is 238 Å². The highest BCUT2D eigenvalue weighted by Crippen LogP contribution is 2.36. The van der Waals surface area contributed by atoms with E-state index in [2.05, 4.69) is 66.2 Å². The van der Waals surface area contributed by atoms with Crippen molar-refractivity contribution in [2.75, 3.05) is 13.1 Å². The summed E-state index contributed by atoms with van der Waals surface area (Å²) < 4.78 is 0. The molecule has 0 aliphatic rings. The second kappa shape index (κ2) is 33.8. The zero-order chi connectivity index (χ0) is 45.3. The number of hydrogen-bond donors (Lipinski definition) is 3. The van der Waals surface area contributed by atoms with E-state index in [4.69, 9.17) is 0 Å². The van der Waals surface area contributed by atoms with E-state index >= 15 is 0 Å². The lowest BCUT2D eigenvalue weighted by Crippen LogP contribution is -2.47. The molecule has 0 saturated carbocycles. The van der Waals surface area contributed by atoms with E-state index in [9.17, 15) is 14.4 Å². The van der Waals surface area contributed by atoms with Crippen LogP contribution in [-0.4, -0.2) is 36.9 Å². The van der Waals surface area contributed by atoms with Crippen LogP contribution in [0.5, 0.6) is 0 Å². The molecule has 4 aromatic rings. The van der Waals surface area contributed by atoms with Crippen LogP contribution in [0.15, 0.2) is 54.6 Å². The first-order chi connectivity index (χ1) is 31.5. The monoisotopic (exact) mass is 878 g/mol. The third-order valence-electron chi connectivity index (χ3n) is 13.7. The summed E-state index contributed by atoms with van der Waals surface area (Å²) in [4.78, 5) is 40.8. The number of amides is 3. The van der Waals surface area contributed by atoms with E-state index in [0.717, 1.165) is 58.0 Å². The van der Waals surface area contributed by atoms with Crippen molar-refractivity contribution in [3.05, 3.63) is 60.2 Å². The predicted molar refractivity (Wildman–Crippen MR) is 276 cm³/mol. The van der Waals surface area contributed by atoms with E-state index in [-0.39, 0.29) is 30.6 Å². The fourth-order valence-electron chi connectivity index (χ4n) is 9.71. The highest BCUT2D eigenvalue weighted by Gasteiger charge is 2.24. The van der Waals surface area contributed by atoms with Gasteiger partial charge in [0.05, 0.1) is 0 Å². The number of rotatable bonds is 40. The Morgan fingerprint density at radius 1 is 0.422 bits per heavy atom. The van der Waals surface area contributed by atoms with Gasteiger partial charge >= 0.3 is 0 Å². The van der Waals surface area contributed by atoms with Gasteiger partial charge in [0.25, 0.3) is 5.91 Å². The molecule has 6 heteroatoms. The fraction of sp³-hybridized carbons (Fsp3) is 0.672. The summed E-state index contributed by atoms with van der Waals surface area (Å²) in [5, 5.41) is 15.7. The molecule has 356 valence electrons. The van der Waals surface area contributed by atoms with Crippen molar-refractivity contribution in [1.82, 2.24) is 16.0 Å². The van der Waals surface area contributed by atoms with Crippen molar-refractivity contribution >= 4 is 50.0 Å². The van der Waals surface area contributed by atoms with Crippen molar-refractivity contribution in [3.63, 3.8) is 0 Å². The Kier molecular flexibility index (Phi) is 27.9. The standard InChI is InChI=1S/C58H91N3O3/c1-3-5-7-9-11-13-15-17-19-21-23-25-27-29-31-33-46-59-54(62)45-44-53(58(64)60-47-34-32-30-28-26-24-22-20-18-16-14-12-10-8-6-4-2)61-57(63)52-43-41-50-39-38-48-36-35-37-49-40-42-51(52)56(50)55(48)49/h35-43,53H,3-34,44-47H2,1-2H3,(H,59,62)(H,60,64)(H,61,63)/t53-/m0/s1. The number of benzene rings is 4. The van der Waals surface area contributed by atoms with Crippen LogP contribution >= 0.6 is 0 Å². The normalized spacial score (nSPS) is 12.1. The number of nitrogens with one attached hydrogen (secondary N) is 3. The van der Waals surface area contributed by atoms with Crippen LogP contribution in [-0.2, 0) is 9.59 Å². The molecule has 3 amide bonds. The van der Waals surface area contributed by atoms with Gasteiger partial charge in [-0.2, -0.15) is 0 Å². The second-order valence-corrected chi connectivity index (χ2v) is 19.3. The molecule has 0 unspecified atom stereocenters. The van der Waals surface area contributed by atoms with Crippen molar-refractivity contribution in [2.24, 2.45) is 0 Å². The van der Waals surface area contributed by atoms with Gasteiger partial charge in [-0.15, -0.1) is 0 Å². The smallest absolute Gasteiger partial charge is 0.252 e. The van der Waals surface area contributed by atoms with Gasteiger partial charge in [0.15, 0.2) is 0 Å². The van der Waals surface area contributed by atoms with E-state index in [1.807, 2.05) is 18.2 Å². The number of carbonyl (C=O) groups is 3. The summed E-state index contributed by atoms with van der Waals surface area (Å²) in [7, 11) is 0. The van der Waals surface area contributed by atoms with Gasteiger partial charge in [0.2, 0.25) is 11.8 Å². The Bertz CT molecular complexity index is 1820. The molecule has 0 fully saturated rings. The third-order valence-corrected chi connectivity index (χ3v) is 13.7. The SMILES string of the molecule is CCCCCCCCCCCCCCCCCCNC(=O)CC[C@H](NC(=O)c1ccc2ccc3cccc4ccc1c2c34)C(=O)NCCCCCCCCCCCCCCCCCC. The van der Waals surface area contributed by atoms with Crippen LogP contribution in [0.2, 0.25) is 0 Å². The highest BCUT2D eigenvalue weighted by atomic mass is 16.2. The van der Waals surface area contributed by atoms with Crippen LogP contribution < -0.4 is 16.0 Å². The van der Waals surface area contributed by atoms with Gasteiger partial charge in [-0.1, -0.05) is 255 Å². The van der Waals surface area contributed by atoms with Gasteiger partial charge in [-0.3, -0.25) is 14.4 Å². The molecule has 0 aliphatic heterocycles. The van der Waals surface area contributed by atoms with Crippen LogP contribution in [0.25, 0.3) is 32.3 Å². The molecule has 6 nitrogen and oxygen atoms in total. The van der Waals surface area contributed by atoms with Crippen molar-refractivity contribution in [1.29, 1.82) is 0 Å². The molecule has 0 bridgehead atoms. The zero-order valence-corrected chi connectivity index (χ0v) is 41.0. The first-order valence-corrected chi connectivity index (χ1v) is 27.0. The lowest BCUT2D eigenvalue weighted by molar-refractivity contribution is -0.124. The van der Waals surface area contributed by atoms with Crippen LogP contribution in [0, 0.1) is 0 Å². The summed E-state index contributed by atoms with van der Waals surface area (Å²) in [5.41, 5.74) is 0.550. The largest absolute Gasteiger partial charge is 0.356 e. The van der Waals surface area contributed by atoms with E-state index in [1.54, 1.807) is 0 Å². The number of hydrogen-bond acceptors (Lipinski definition) is 3. The number of unbranched alkanes of at least 4 members (excludes halogenated alkanes) is 30. The molecule has 0 radical (unpaired) electrons. The maximum absolute atomic E-state index is 14.0. The fourth-order valence-corrected chi connectivity index (χ4v) is 9.71. The molecule has 64 heavy (non-hydrogen) atoms. The van der Waals surface area contributed by atoms with Gasteiger partial charge in [0.1, 0.15) is 6.04 Å². The minimum Gasteiger partial charge on any atom is -0.356 e. The quantitative estimate of drug-likeness (QED) is 0.0307. The van der Waals surface area contributed by atoms with Gasteiger partial charge in [-0.05, 0) is 57.6 Å². The first kappa shape index (κ1) is 52.9. The molecule has 3 N–H and O–H groups in total. The molecule has 0 spiro atoms. The van der Waals surface area contributed by atoms with Crippen molar-refractivity contribution < 1.29 is 14.4 Å². The lowest BCUT2D eigenvalue weighted by atomic mass is 9.91. The Labute approximate surface area is 390 Å². The maximum atomic E-state index is 14.0. The summed E-state index contributed by atoms with van der Waals surface area (Å²) in [6.45, 7) is 5.80. The number of carbonyl (C=O) groups excluding carboxylic acids is 3. The molecular weight excluding hydrogens is 787 g/mol. The topological polar surface area (TPSA) is 87.3 Å². The molecule has 4 aromatic carbocycles. The zero-order valence-electron chi connectivity index (χ0n) is 41.0. The first-order valence-electron chi connectivity index (χ1n) is 27.0.